The van der Waals surface area contributed by atoms with Gasteiger partial charge in [0.1, 0.15) is 5.01 Å². The van der Waals surface area contributed by atoms with Crippen molar-refractivity contribution < 1.29 is 18.0 Å². The molecule has 2 aromatic heterocycles. The van der Waals surface area contributed by atoms with E-state index in [1.54, 1.807) is 30.3 Å². The lowest BCUT2D eigenvalue weighted by atomic mass is 10.2. The molecule has 0 aliphatic heterocycles. The molecule has 0 aliphatic rings. The molecule has 0 saturated heterocycles. The van der Waals surface area contributed by atoms with Crippen molar-refractivity contribution in [3.05, 3.63) is 46.7 Å². The van der Waals surface area contributed by atoms with Crippen molar-refractivity contribution >= 4 is 22.2 Å². The predicted molar refractivity (Wildman–Crippen MR) is 76.1 cm³/mol. The molecule has 0 saturated carbocycles. The summed E-state index contributed by atoms with van der Waals surface area (Å²) in [4.78, 5) is 11.9. The molecule has 0 aliphatic carbocycles. The van der Waals surface area contributed by atoms with Gasteiger partial charge in [-0.05, 0) is 12.1 Å². The number of aromatic nitrogens is 4. The van der Waals surface area contributed by atoms with Crippen molar-refractivity contribution in [2.75, 3.05) is 6.54 Å². The van der Waals surface area contributed by atoms with Gasteiger partial charge in [-0.1, -0.05) is 29.5 Å². The molecule has 1 aromatic carbocycles. The van der Waals surface area contributed by atoms with Crippen LogP contribution in [0.3, 0.4) is 0 Å². The highest BCUT2D eigenvalue weighted by atomic mass is 32.1. The van der Waals surface area contributed by atoms with Gasteiger partial charge in [-0.3, -0.25) is 4.79 Å². The van der Waals surface area contributed by atoms with Gasteiger partial charge in [0.2, 0.25) is 4.96 Å². The highest BCUT2D eigenvalue weighted by Crippen LogP contribution is 2.28. The summed E-state index contributed by atoms with van der Waals surface area (Å²) in [6.07, 6.45) is -4.30. The Kier molecular flexibility index (Phi) is 3.99. The number of nitrogens with one attached hydrogen (secondary N) is 1. The van der Waals surface area contributed by atoms with Gasteiger partial charge in [0.05, 0.1) is 0 Å². The molecule has 23 heavy (non-hydrogen) atoms. The van der Waals surface area contributed by atoms with Crippen LogP contribution in [-0.4, -0.2) is 32.3 Å². The van der Waals surface area contributed by atoms with Gasteiger partial charge in [0.25, 0.3) is 11.7 Å². The van der Waals surface area contributed by atoms with Crippen molar-refractivity contribution in [1.82, 2.24) is 25.1 Å². The molecule has 0 atom stereocenters. The fourth-order valence-corrected chi connectivity index (χ4v) is 2.74. The van der Waals surface area contributed by atoms with E-state index >= 15 is 0 Å². The van der Waals surface area contributed by atoms with Crippen LogP contribution >= 0.6 is 11.3 Å². The van der Waals surface area contributed by atoms with Crippen LogP contribution in [0.4, 0.5) is 13.2 Å². The van der Waals surface area contributed by atoms with Crippen LogP contribution < -0.4 is 5.32 Å². The van der Waals surface area contributed by atoms with E-state index in [-0.39, 0.29) is 17.4 Å². The third-order valence-electron chi connectivity index (χ3n) is 2.95. The number of carbonyl (C=O) groups is 1. The van der Waals surface area contributed by atoms with Crippen LogP contribution in [0.5, 0.6) is 0 Å². The van der Waals surface area contributed by atoms with Crippen LogP contribution in [0.15, 0.2) is 30.3 Å². The zero-order chi connectivity index (χ0) is 16.4. The van der Waals surface area contributed by atoms with Gasteiger partial charge in [-0.25, -0.2) is 0 Å². The van der Waals surface area contributed by atoms with E-state index in [1.165, 1.54) is 0 Å². The molecular weight excluding hydrogens is 331 g/mol. The van der Waals surface area contributed by atoms with Crippen LogP contribution in [-0.2, 0) is 12.6 Å². The summed E-state index contributed by atoms with van der Waals surface area (Å²) >= 11 is 1.01. The fourth-order valence-electron chi connectivity index (χ4n) is 1.91. The van der Waals surface area contributed by atoms with E-state index in [0.717, 1.165) is 11.3 Å². The highest BCUT2D eigenvalue weighted by Gasteiger charge is 2.38. The minimum Gasteiger partial charge on any atom is -0.352 e. The lowest BCUT2D eigenvalue weighted by molar-refractivity contribution is -0.146. The van der Waals surface area contributed by atoms with E-state index in [9.17, 15) is 18.0 Å². The Morgan fingerprint density at radius 3 is 2.65 bits per heavy atom. The monoisotopic (exact) mass is 341 g/mol. The number of hydrogen-bond acceptors (Lipinski definition) is 5. The van der Waals surface area contributed by atoms with E-state index in [0.29, 0.717) is 21.5 Å². The molecular formula is C13H10F3N5OS. The maximum atomic E-state index is 12.7. The highest BCUT2D eigenvalue weighted by molar-refractivity contribution is 7.16. The zero-order valence-electron chi connectivity index (χ0n) is 11.5. The van der Waals surface area contributed by atoms with Gasteiger partial charge < -0.3 is 5.32 Å². The van der Waals surface area contributed by atoms with Gasteiger partial charge in [-0.15, -0.1) is 10.2 Å². The van der Waals surface area contributed by atoms with Crippen LogP contribution in [0.1, 0.15) is 21.2 Å². The number of nitrogens with zero attached hydrogens (tertiary/aromatic N) is 4. The summed E-state index contributed by atoms with van der Waals surface area (Å²) in [7, 11) is 0. The topological polar surface area (TPSA) is 72.2 Å². The number of fused-ring (bicyclic) bond motifs is 1. The molecule has 1 N–H and O–H groups in total. The number of amides is 1. The summed E-state index contributed by atoms with van der Waals surface area (Å²) in [6.45, 7) is 0.263. The van der Waals surface area contributed by atoms with Crippen molar-refractivity contribution in [2.45, 2.75) is 12.6 Å². The Morgan fingerprint density at radius 2 is 1.96 bits per heavy atom. The zero-order valence-corrected chi connectivity index (χ0v) is 12.4. The SMILES string of the molecule is O=C(NCCc1nn2c(C(F)(F)F)nnc2s1)c1ccccc1. The number of rotatable bonds is 4. The molecule has 1 amide bonds. The molecule has 10 heteroatoms. The minimum atomic E-state index is -4.60. The van der Waals surface area contributed by atoms with Crippen molar-refractivity contribution in [3.8, 4) is 0 Å². The van der Waals surface area contributed by atoms with Crippen molar-refractivity contribution in [2.24, 2.45) is 0 Å². The number of carbonyl (C=O) groups excluding carboxylic acids is 1. The molecule has 3 rings (SSSR count). The molecule has 2 heterocycles. The quantitative estimate of drug-likeness (QED) is 0.789. The Labute approximate surface area is 132 Å². The number of halogens is 3. The van der Waals surface area contributed by atoms with E-state index in [1.807, 2.05) is 0 Å². The molecule has 0 unspecified atom stereocenters. The first kappa shape index (κ1) is 15.4. The van der Waals surface area contributed by atoms with Crippen LogP contribution in [0, 0.1) is 0 Å². The van der Waals surface area contributed by atoms with Crippen molar-refractivity contribution in [1.29, 1.82) is 0 Å². The average Bonchev–Trinajstić information content (AvgIpc) is 3.07. The molecule has 120 valence electrons. The molecule has 0 radical (unpaired) electrons. The summed E-state index contributed by atoms with van der Waals surface area (Å²) < 4.78 is 38.8. The summed E-state index contributed by atoms with van der Waals surface area (Å²) in [5, 5.41) is 13.5. The van der Waals surface area contributed by atoms with Crippen LogP contribution in [0.2, 0.25) is 0 Å². The third kappa shape index (κ3) is 3.31. The van der Waals surface area contributed by atoms with E-state index in [4.69, 9.17) is 0 Å². The first-order valence-corrected chi connectivity index (χ1v) is 7.38. The Morgan fingerprint density at radius 1 is 1.22 bits per heavy atom. The molecule has 0 spiro atoms. The van der Waals surface area contributed by atoms with Crippen LogP contribution in [0.25, 0.3) is 4.96 Å². The lowest BCUT2D eigenvalue weighted by Crippen LogP contribution is -2.25. The molecule has 0 bridgehead atoms. The largest absolute Gasteiger partial charge is 0.453 e. The lowest BCUT2D eigenvalue weighted by Gasteiger charge is -2.03. The van der Waals surface area contributed by atoms with Gasteiger partial charge in [-0.2, -0.15) is 22.8 Å². The third-order valence-corrected chi connectivity index (χ3v) is 3.91. The standard InChI is InChI=1S/C13H10F3N5OS/c14-13(15,16)11-18-19-12-21(11)20-9(23-12)6-7-17-10(22)8-4-2-1-3-5-8/h1-5H,6-7H2,(H,17,22). The number of alkyl halides is 3. The fraction of sp³-hybridized carbons (Fsp3) is 0.231. The normalized spacial score (nSPS) is 11.8. The van der Waals surface area contributed by atoms with Gasteiger partial charge in [0, 0.05) is 18.5 Å². The van der Waals surface area contributed by atoms with Crippen molar-refractivity contribution in [3.63, 3.8) is 0 Å². The number of benzene rings is 1. The second-order valence-electron chi connectivity index (χ2n) is 4.58. The maximum absolute atomic E-state index is 12.7. The van der Waals surface area contributed by atoms with E-state index < -0.39 is 12.0 Å². The summed E-state index contributed by atoms with van der Waals surface area (Å²) in [5.74, 6) is -1.40. The second kappa shape index (κ2) is 5.95. The Balaban J connectivity index is 1.64. The predicted octanol–water partition coefficient (Wildman–Crippen LogP) is 2.18. The van der Waals surface area contributed by atoms with E-state index in [2.05, 4.69) is 20.6 Å². The maximum Gasteiger partial charge on any atom is 0.453 e. The Hall–Kier alpha value is -2.49. The molecule has 6 nitrogen and oxygen atoms in total. The Bertz CT molecular complexity index is 827. The smallest absolute Gasteiger partial charge is 0.352 e. The number of hydrogen-bond donors (Lipinski definition) is 1. The minimum absolute atomic E-state index is 0.0710. The van der Waals surface area contributed by atoms with Gasteiger partial charge >= 0.3 is 6.18 Å². The molecule has 0 fully saturated rings. The average molecular weight is 341 g/mol. The first-order chi connectivity index (χ1) is 10.9. The summed E-state index contributed by atoms with van der Waals surface area (Å²) in [5.41, 5.74) is 0.519. The molecule has 3 aromatic rings. The second-order valence-corrected chi connectivity index (χ2v) is 5.62. The van der Waals surface area contributed by atoms with Gasteiger partial charge in [0.15, 0.2) is 0 Å². The summed E-state index contributed by atoms with van der Waals surface area (Å²) in [6, 6.07) is 8.64. The first-order valence-electron chi connectivity index (χ1n) is 6.57.